The summed E-state index contributed by atoms with van der Waals surface area (Å²) < 4.78 is 0. The lowest BCUT2D eigenvalue weighted by atomic mass is 10.0. The van der Waals surface area contributed by atoms with Crippen LogP contribution >= 0.6 is 0 Å². The summed E-state index contributed by atoms with van der Waals surface area (Å²) in [4.78, 5) is 0. The number of benzene rings is 1. The van der Waals surface area contributed by atoms with E-state index in [2.05, 4.69) is 19.1 Å². The van der Waals surface area contributed by atoms with Crippen molar-refractivity contribution in [3.63, 3.8) is 0 Å². The molecule has 1 aliphatic rings. The average Bonchev–Trinajstić information content (AvgIpc) is 2.47. The molecule has 0 heterocycles. The zero-order valence-electron chi connectivity index (χ0n) is 7.17. The Labute approximate surface area is 72.6 Å². The van der Waals surface area contributed by atoms with Gasteiger partial charge in [0.25, 0.3) is 0 Å². The molecule has 1 aromatic rings. The summed E-state index contributed by atoms with van der Waals surface area (Å²) in [5, 5.41) is 8.71. The molecule has 0 aromatic heterocycles. The van der Waals surface area contributed by atoms with Crippen molar-refractivity contribution in [2.45, 2.75) is 25.7 Å². The third kappa shape index (κ3) is 1.00. The first kappa shape index (κ1) is 7.36. The summed E-state index contributed by atoms with van der Waals surface area (Å²) in [5.41, 5.74) is 3.61. The molecule has 0 fully saturated rings. The predicted molar refractivity (Wildman–Crippen MR) is 47.9 cm³/mol. The van der Waals surface area contributed by atoms with E-state index in [0.29, 0.717) is 5.92 Å². The Morgan fingerprint density at radius 3 is 3.08 bits per heavy atom. The number of nitriles is 1. The second-order valence-corrected chi connectivity index (χ2v) is 3.47. The molecular weight excluding hydrogens is 146 g/mol. The number of nitrogens with zero attached hydrogens (tertiary/aromatic N) is 1. The molecular formula is C11H11N. The molecule has 1 aromatic carbocycles. The van der Waals surface area contributed by atoms with Gasteiger partial charge in [-0.2, -0.15) is 5.26 Å². The number of hydrogen-bond donors (Lipinski definition) is 0. The van der Waals surface area contributed by atoms with Gasteiger partial charge in [0.1, 0.15) is 0 Å². The lowest BCUT2D eigenvalue weighted by Gasteiger charge is -2.03. The Morgan fingerprint density at radius 2 is 2.33 bits per heavy atom. The van der Waals surface area contributed by atoms with Gasteiger partial charge >= 0.3 is 0 Å². The van der Waals surface area contributed by atoms with Gasteiger partial charge in [-0.25, -0.2) is 0 Å². The van der Waals surface area contributed by atoms with Gasteiger partial charge in [0, 0.05) is 0 Å². The lowest BCUT2D eigenvalue weighted by molar-refractivity contribution is 0.747. The molecule has 0 aliphatic heterocycles. The van der Waals surface area contributed by atoms with Crippen LogP contribution in [0.3, 0.4) is 0 Å². The van der Waals surface area contributed by atoms with Crippen molar-refractivity contribution in [3.05, 3.63) is 34.9 Å². The van der Waals surface area contributed by atoms with Gasteiger partial charge in [0.05, 0.1) is 11.6 Å². The molecule has 1 aliphatic carbocycles. The first-order valence-corrected chi connectivity index (χ1v) is 4.34. The topological polar surface area (TPSA) is 23.8 Å². The van der Waals surface area contributed by atoms with E-state index < -0.39 is 0 Å². The maximum Gasteiger partial charge on any atom is 0.0991 e. The molecule has 0 unspecified atom stereocenters. The summed E-state index contributed by atoms with van der Waals surface area (Å²) in [5.74, 6) is 0.647. The monoisotopic (exact) mass is 157 g/mol. The molecule has 2 rings (SSSR count). The van der Waals surface area contributed by atoms with Crippen molar-refractivity contribution in [1.29, 1.82) is 5.26 Å². The zero-order chi connectivity index (χ0) is 8.55. The number of aryl methyl sites for hydroxylation is 1. The van der Waals surface area contributed by atoms with Crippen LogP contribution in [0.4, 0.5) is 0 Å². The van der Waals surface area contributed by atoms with Crippen LogP contribution in [0.25, 0.3) is 0 Å². The first-order chi connectivity index (χ1) is 5.81. The Bertz CT molecular complexity index is 347. The molecule has 1 atom stereocenters. The molecule has 60 valence electrons. The minimum atomic E-state index is 0.647. The van der Waals surface area contributed by atoms with E-state index in [0.717, 1.165) is 5.56 Å². The van der Waals surface area contributed by atoms with Crippen LogP contribution in [-0.2, 0) is 6.42 Å². The van der Waals surface area contributed by atoms with Gasteiger partial charge in [-0.05, 0) is 42.0 Å². The van der Waals surface area contributed by atoms with Gasteiger partial charge < -0.3 is 0 Å². The molecule has 0 saturated heterocycles. The third-order valence-corrected chi connectivity index (χ3v) is 2.65. The van der Waals surface area contributed by atoms with Gasteiger partial charge in [0.2, 0.25) is 0 Å². The van der Waals surface area contributed by atoms with E-state index in [1.165, 1.54) is 24.0 Å². The SMILES string of the molecule is C[C@@H]1CCc2ccc(C#N)cc21. The van der Waals surface area contributed by atoms with Crippen LogP contribution in [0.15, 0.2) is 18.2 Å². The van der Waals surface area contributed by atoms with Crippen molar-refractivity contribution < 1.29 is 0 Å². The van der Waals surface area contributed by atoms with E-state index in [4.69, 9.17) is 5.26 Å². The summed E-state index contributed by atoms with van der Waals surface area (Å²) in [6, 6.07) is 8.22. The highest BCUT2D eigenvalue weighted by Gasteiger charge is 2.17. The lowest BCUT2D eigenvalue weighted by Crippen LogP contribution is -1.87. The fraction of sp³-hybridized carbons (Fsp3) is 0.364. The highest BCUT2D eigenvalue weighted by Crippen LogP contribution is 2.32. The molecule has 0 N–H and O–H groups in total. The van der Waals surface area contributed by atoms with Crippen molar-refractivity contribution in [2.75, 3.05) is 0 Å². The number of fused-ring (bicyclic) bond motifs is 1. The van der Waals surface area contributed by atoms with Crippen LogP contribution in [0.5, 0.6) is 0 Å². The standard InChI is InChI=1S/C11H11N/c1-8-2-4-10-5-3-9(7-12)6-11(8)10/h3,5-6,8H,2,4H2,1H3/t8-/m1/s1. The second kappa shape index (κ2) is 2.64. The predicted octanol–water partition coefficient (Wildman–Crippen LogP) is 2.61. The second-order valence-electron chi connectivity index (χ2n) is 3.47. The quantitative estimate of drug-likeness (QED) is 0.568. The molecule has 1 nitrogen and oxygen atoms in total. The van der Waals surface area contributed by atoms with Gasteiger partial charge in [0.15, 0.2) is 0 Å². The van der Waals surface area contributed by atoms with Gasteiger partial charge in [-0.15, -0.1) is 0 Å². The fourth-order valence-corrected chi connectivity index (χ4v) is 1.88. The average molecular weight is 157 g/mol. The summed E-state index contributed by atoms with van der Waals surface area (Å²) in [6.45, 7) is 2.23. The van der Waals surface area contributed by atoms with Crippen LogP contribution in [0.1, 0.15) is 36.0 Å². The zero-order valence-corrected chi connectivity index (χ0v) is 7.17. The molecule has 0 amide bonds. The minimum absolute atomic E-state index is 0.647. The fourth-order valence-electron chi connectivity index (χ4n) is 1.88. The van der Waals surface area contributed by atoms with Crippen LogP contribution in [0.2, 0.25) is 0 Å². The highest BCUT2D eigenvalue weighted by molar-refractivity contribution is 5.42. The van der Waals surface area contributed by atoms with Crippen LogP contribution in [0, 0.1) is 11.3 Å². The van der Waals surface area contributed by atoms with Gasteiger partial charge in [-0.1, -0.05) is 13.0 Å². The number of rotatable bonds is 0. The molecule has 0 radical (unpaired) electrons. The van der Waals surface area contributed by atoms with E-state index in [1.54, 1.807) is 0 Å². The Morgan fingerprint density at radius 1 is 1.50 bits per heavy atom. The normalized spacial score (nSPS) is 20.2. The molecule has 1 heteroatoms. The van der Waals surface area contributed by atoms with E-state index in [-0.39, 0.29) is 0 Å². The molecule has 0 saturated carbocycles. The molecule has 0 bridgehead atoms. The minimum Gasteiger partial charge on any atom is -0.192 e. The Hall–Kier alpha value is -1.29. The third-order valence-electron chi connectivity index (χ3n) is 2.65. The van der Waals surface area contributed by atoms with Crippen molar-refractivity contribution in [2.24, 2.45) is 0 Å². The molecule has 12 heavy (non-hydrogen) atoms. The summed E-state index contributed by atoms with van der Waals surface area (Å²) >= 11 is 0. The highest BCUT2D eigenvalue weighted by atomic mass is 14.3. The van der Waals surface area contributed by atoms with E-state index in [9.17, 15) is 0 Å². The van der Waals surface area contributed by atoms with E-state index in [1.807, 2.05) is 12.1 Å². The largest absolute Gasteiger partial charge is 0.192 e. The smallest absolute Gasteiger partial charge is 0.0991 e. The van der Waals surface area contributed by atoms with Crippen molar-refractivity contribution in [1.82, 2.24) is 0 Å². The summed E-state index contributed by atoms with van der Waals surface area (Å²) in [7, 11) is 0. The molecule has 0 spiro atoms. The van der Waals surface area contributed by atoms with Gasteiger partial charge in [-0.3, -0.25) is 0 Å². The Balaban J connectivity index is 2.52. The maximum atomic E-state index is 8.71. The van der Waals surface area contributed by atoms with Crippen molar-refractivity contribution >= 4 is 0 Å². The number of hydrogen-bond acceptors (Lipinski definition) is 1. The van der Waals surface area contributed by atoms with Crippen LogP contribution in [-0.4, -0.2) is 0 Å². The van der Waals surface area contributed by atoms with E-state index >= 15 is 0 Å². The van der Waals surface area contributed by atoms with Crippen LogP contribution < -0.4 is 0 Å². The first-order valence-electron chi connectivity index (χ1n) is 4.34. The van der Waals surface area contributed by atoms with Crippen molar-refractivity contribution in [3.8, 4) is 6.07 Å². The Kier molecular flexibility index (Phi) is 1.62. The summed E-state index contributed by atoms with van der Waals surface area (Å²) in [6.07, 6.45) is 2.42. The maximum absolute atomic E-state index is 8.71.